The van der Waals surface area contributed by atoms with Gasteiger partial charge in [-0.3, -0.25) is 0 Å². The summed E-state index contributed by atoms with van der Waals surface area (Å²) in [6, 6.07) is 20.8. The van der Waals surface area contributed by atoms with E-state index in [1.54, 1.807) is 0 Å². The molecule has 84 valence electrons. The molecule has 2 rings (SSSR count). The predicted molar refractivity (Wildman–Crippen MR) is 76.8 cm³/mol. The Labute approximate surface area is 118 Å². The third-order valence-corrected chi connectivity index (χ3v) is 1.88. The molecule has 0 N–H and O–H groups in total. The average Bonchev–Trinajstić information content (AvgIpc) is 2.32. The molecular formula is C14H17ClSn. The van der Waals surface area contributed by atoms with Crippen LogP contribution >= 0.6 is 12.4 Å². The summed E-state index contributed by atoms with van der Waals surface area (Å²) < 4.78 is 1.38. The van der Waals surface area contributed by atoms with Gasteiger partial charge < -0.3 is 0 Å². The van der Waals surface area contributed by atoms with Crippen molar-refractivity contribution in [3.8, 4) is 11.1 Å². The van der Waals surface area contributed by atoms with E-state index in [1.165, 1.54) is 38.1 Å². The van der Waals surface area contributed by atoms with E-state index in [1.807, 2.05) is 12.1 Å². The molecule has 16 heavy (non-hydrogen) atoms. The van der Waals surface area contributed by atoms with E-state index < -0.39 is 0 Å². The van der Waals surface area contributed by atoms with Crippen LogP contribution < -0.4 is 0 Å². The van der Waals surface area contributed by atoms with Crippen LogP contribution in [0.15, 0.2) is 60.7 Å². The second-order valence-corrected chi connectivity index (χ2v) is 5.47. The third-order valence-electron chi connectivity index (χ3n) is 1.88. The van der Waals surface area contributed by atoms with E-state index in [9.17, 15) is 0 Å². The van der Waals surface area contributed by atoms with Crippen LogP contribution in [0.1, 0.15) is 6.92 Å². The van der Waals surface area contributed by atoms with Gasteiger partial charge in [0.05, 0.1) is 0 Å². The predicted octanol–water partition coefficient (Wildman–Crippen LogP) is 4.10. The summed E-state index contributed by atoms with van der Waals surface area (Å²) in [6.07, 6.45) is 0. The van der Waals surface area contributed by atoms with Gasteiger partial charge in [0.2, 0.25) is 0 Å². The Kier molecular flexibility index (Phi) is 9.45. The molecule has 0 aliphatic rings. The molecule has 0 unspecified atom stereocenters. The van der Waals surface area contributed by atoms with Crippen LogP contribution in [0.25, 0.3) is 11.1 Å². The van der Waals surface area contributed by atoms with Crippen LogP contribution in [0.4, 0.5) is 0 Å². The zero-order valence-corrected chi connectivity index (χ0v) is 13.6. The van der Waals surface area contributed by atoms with Crippen LogP contribution in [0.2, 0.25) is 4.44 Å². The van der Waals surface area contributed by atoms with Crippen molar-refractivity contribution in [1.29, 1.82) is 0 Å². The van der Waals surface area contributed by atoms with Crippen molar-refractivity contribution in [2.45, 2.75) is 11.4 Å². The van der Waals surface area contributed by atoms with Crippen molar-refractivity contribution in [2.75, 3.05) is 0 Å². The molecule has 0 saturated heterocycles. The standard InChI is InChI=1S/C12H10.C2H5.ClH.Sn.H/c1-3-7-11(8-4-1)12-9-5-2-6-10-12;1-2;;;/h1-10H;1H2,2H3;1H;;. The minimum Gasteiger partial charge on any atom is -0.147 e. The van der Waals surface area contributed by atoms with Crippen molar-refractivity contribution in [3.63, 3.8) is 0 Å². The maximum Gasteiger partial charge on any atom is -0.0184 e. The van der Waals surface area contributed by atoms with Crippen molar-refractivity contribution >= 4 is 34.9 Å². The Bertz CT molecular complexity index is 322. The molecule has 0 aromatic heterocycles. The number of benzene rings is 2. The van der Waals surface area contributed by atoms with Gasteiger partial charge in [-0.2, -0.15) is 0 Å². The van der Waals surface area contributed by atoms with Crippen LogP contribution in [0.3, 0.4) is 0 Å². The number of hydrogen-bond donors (Lipinski definition) is 0. The third kappa shape index (κ3) is 5.57. The fraction of sp³-hybridized carbons (Fsp3) is 0.143. The van der Waals surface area contributed by atoms with Gasteiger partial charge in [0, 0.05) is 0 Å². The van der Waals surface area contributed by atoms with Gasteiger partial charge in [-0.05, 0) is 11.1 Å². The first kappa shape index (κ1) is 15.5. The molecule has 0 heterocycles. The summed E-state index contributed by atoms with van der Waals surface area (Å²) in [5.74, 6) is 0. The van der Waals surface area contributed by atoms with Crippen molar-refractivity contribution in [1.82, 2.24) is 0 Å². The molecule has 2 aromatic rings. The molecule has 2 aromatic carbocycles. The fourth-order valence-electron chi connectivity index (χ4n) is 1.26. The van der Waals surface area contributed by atoms with Gasteiger partial charge in [-0.25, -0.2) is 0 Å². The molecule has 0 atom stereocenters. The Morgan fingerprint density at radius 1 is 0.750 bits per heavy atom. The number of rotatable bonds is 1. The molecule has 0 spiro atoms. The number of halogens is 1. The van der Waals surface area contributed by atoms with Crippen LogP contribution in [-0.4, -0.2) is 22.5 Å². The van der Waals surface area contributed by atoms with Gasteiger partial charge in [0.1, 0.15) is 0 Å². The molecule has 2 heteroatoms. The molecule has 0 fully saturated rings. The summed E-state index contributed by atoms with van der Waals surface area (Å²) >= 11 is 1.42. The van der Waals surface area contributed by atoms with Gasteiger partial charge in [-0.15, -0.1) is 12.4 Å². The zero-order valence-electron chi connectivity index (χ0n) is 9.47. The first-order valence-corrected chi connectivity index (χ1v) is 7.52. The SMILES string of the molecule is C[CH2][SnH].Cl.c1ccc(-c2ccccc2)cc1. The second-order valence-electron chi connectivity index (χ2n) is 3.14. The average molecular weight is 339 g/mol. The molecular weight excluding hydrogens is 322 g/mol. The quantitative estimate of drug-likeness (QED) is 0.686. The Morgan fingerprint density at radius 2 is 1.00 bits per heavy atom. The van der Waals surface area contributed by atoms with E-state index in [-0.39, 0.29) is 12.4 Å². The van der Waals surface area contributed by atoms with Crippen LogP contribution in [-0.2, 0) is 0 Å². The number of hydrogen-bond acceptors (Lipinski definition) is 0. The second kappa shape index (κ2) is 9.73. The molecule has 0 aliphatic carbocycles. The molecule has 0 amide bonds. The van der Waals surface area contributed by atoms with Crippen molar-refractivity contribution in [2.24, 2.45) is 0 Å². The van der Waals surface area contributed by atoms with Crippen LogP contribution in [0, 0.1) is 0 Å². The molecule has 0 aliphatic heterocycles. The van der Waals surface area contributed by atoms with Crippen LogP contribution in [0.5, 0.6) is 0 Å². The molecule has 0 saturated carbocycles. The molecule has 0 nitrogen and oxygen atoms in total. The van der Waals surface area contributed by atoms with Crippen molar-refractivity contribution in [3.05, 3.63) is 60.7 Å². The first-order valence-electron chi connectivity index (χ1n) is 5.19. The fourth-order valence-corrected chi connectivity index (χ4v) is 1.26. The zero-order chi connectivity index (χ0) is 10.9. The Hall–Kier alpha value is -0.471. The minimum atomic E-state index is 0. The van der Waals surface area contributed by atoms with E-state index >= 15 is 0 Å². The summed E-state index contributed by atoms with van der Waals surface area (Å²) in [6.45, 7) is 2.18. The van der Waals surface area contributed by atoms with E-state index in [0.29, 0.717) is 0 Å². The maximum absolute atomic E-state index is 2.18. The molecule has 0 bridgehead atoms. The Balaban J connectivity index is 0.000000511. The maximum atomic E-state index is 2.18. The van der Waals surface area contributed by atoms with E-state index in [0.717, 1.165) is 0 Å². The van der Waals surface area contributed by atoms with Gasteiger partial charge >= 0.3 is 33.9 Å². The van der Waals surface area contributed by atoms with Crippen molar-refractivity contribution < 1.29 is 0 Å². The Morgan fingerprint density at radius 3 is 1.25 bits per heavy atom. The smallest absolute Gasteiger partial charge is 0.0184 e. The monoisotopic (exact) mass is 340 g/mol. The normalized spacial score (nSPS) is 8.38. The van der Waals surface area contributed by atoms with E-state index in [2.05, 4.69) is 55.5 Å². The van der Waals surface area contributed by atoms with Gasteiger partial charge in [0.15, 0.2) is 0 Å². The summed E-state index contributed by atoms with van der Waals surface area (Å²) in [4.78, 5) is 0. The largest absolute Gasteiger partial charge is 0.147 e. The van der Waals surface area contributed by atoms with Gasteiger partial charge in [0.25, 0.3) is 0 Å². The first-order chi connectivity index (χ1) is 7.38. The summed E-state index contributed by atoms with van der Waals surface area (Å²) in [5.41, 5.74) is 2.55. The topological polar surface area (TPSA) is 0 Å². The van der Waals surface area contributed by atoms with Gasteiger partial charge in [-0.1, -0.05) is 60.7 Å². The summed E-state index contributed by atoms with van der Waals surface area (Å²) in [5, 5.41) is 0. The minimum absolute atomic E-state index is 0. The molecule has 2 radical (unpaired) electrons. The van der Waals surface area contributed by atoms with E-state index in [4.69, 9.17) is 0 Å². The summed E-state index contributed by atoms with van der Waals surface area (Å²) in [7, 11) is 0.